The van der Waals surface area contributed by atoms with E-state index in [1.807, 2.05) is 6.07 Å². The van der Waals surface area contributed by atoms with Gasteiger partial charge in [0.25, 0.3) is 0 Å². The zero-order valence-corrected chi connectivity index (χ0v) is 11.0. The predicted octanol–water partition coefficient (Wildman–Crippen LogP) is 2.46. The molecule has 1 heterocycles. The summed E-state index contributed by atoms with van der Waals surface area (Å²) in [5, 5.41) is 3.37. The Morgan fingerprint density at radius 1 is 1.22 bits per heavy atom. The molecule has 1 N–H and O–H groups in total. The maximum atomic E-state index is 4.18. The van der Waals surface area contributed by atoms with Crippen LogP contribution in [0.4, 0.5) is 11.4 Å². The van der Waals surface area contributed by atoms with Crippen molar-refractivity contribution in [1.82, 2.24) is 9.97 Å². The van der Waals surface area contributed by atoms with Crippen molar-refractivity contribution in [1.29, 1.82) is 0 Å². The Labute approximate surface area is 108 Å². The Bertz CT molecular complexity index is 508. The zero-order valence-electron chi connectivity index (χ0n) is 11.0. The smallest absolute Gasteiger partial charge is 0.115 e. The molecular weight excluding hydrogens is 224 g/mol. The molecule has 0 aliphatic rings. The van der Waals surface area contributed by atoms with Gasteiger partial charge in [0.15, 0.2) is 0 Å². The Morgan fingerprint density at radius 2 is 2.06 bits per heavy atom. The average Bonchev–Trinajstić information content (AvgIpc) is 2.38. The minimum atomic E-state index is 0.707. The molecule has 0 bridgehead atoms. The zero-order chi connectivity index (χ0) is 13.0. The number of aromatic nitrogens is 2. The number of benzene rings is 1. The summed E-state index contributed by atoms with van der Waals surface area (Å²) in [5.41, 5.74) is 4.58. The fourth-order valence-corrected chi connectivity index (χ4v) is 1.82. The van der Waals surface area contributed by atoms with Crippen LogP contribution in [0.1, 0.15) is 11.3 Å². The van der Waals surface area contributed by atoms with Crippen molar-refractivity contribution in [2.75, 3.05) is 24.3 Å². The minimum Gasteiger partial charge on any atom is -0.379 e. The van der Waals surface area contributed by atoms with Gasteiger partial charge in [-0.2, -0.15) is 0 Å². The first-order valence-corrected chi connectivity index (χ1v) is 5.93. The highest BCUT2D eigenvalue weighted by atomic mass is 15.1. The van der Waals surface area contributed by atoms with Gasteiger partial charge in [0.2, 0.25) is 0 Å². The first-order valence-electron chi connectivity index (χ1n) is 5.93. The summed E-state index contributed by atoms with van der Waals surface area (Å²) in [6.45, 7) is 2.82. The van der Waals surface area contributed by atoms with Crippen LogP contribution in [0.15, 0.2) is 36.8 Å². The highest BCUT2D eigenvalue weighted by Gasteiger charge is 2.02. The van der Waals surface area contributed by atoms with E-state index in [0.29, 0.717) is 6.54 Å². The van der Waals surface area contributed by atoms with Gasteiger partial charge in [-0.25, -0.2) is 9.97 Å². The minimum absolute atomic E-state index is 0.707. The van der Waals surface area contributed by atoms with Gasteiger partial charge in [0.1, 0.15) is 6.33 Å². The summed E-state index contributed by atoms with van der Waals surface area (Å²) in [6, 6.07) is 8.27. The lowest BCUT2D eigenvalue weighted by Crippen LogP contribution is -2.11. The van der Waals surface area contributed by atoms with Crippen molar-refractivity contribution >= 4 is 11.4 Å². The van der Waals surface area contributed by atoms with Gasteiger partial charge in [-0.05, 0) is 30.7 Å². The standard InChI is InChI=1S/C14H18N4/c1-11-4-5-12(8-14(11)18(2)3)16-9-13-6-7-15-10-17-13/h4-8,10,16H,9H2,1-3H3. The van der Waals surface area contributed by atoms with Crippen LogP contribution in [-0.4, -0.2) is 24.1 Å². The molecule has 2 rings (SSSR count). The third kappa shape index (κ3) is 2.97. The van der Waals surface area contributed by atoms with Crippen LogP contribution in [0, 0.1) is 6.92 Å². The van der Waals surface area contributed by atoms with E-state index in [-0.39, 0.29) is 0 Å². The van der Waals surface area contributed by atoms with E-state index in [1.54, 1.807) is 12.5 Å². The van der Waals surface area contributed by atoms with Crippen molar-refractivity contribution in [2.45, 2.75) is 13.5 Å². The van der Waals surface area contributed by atoms with Crippen molar-refractivity contribution in [3.63, 3.8) is 0 Å². The SMILES string of the molecule is Cc1ccc(NCc2ccncn2)cc1N(C)C. The average molecular weight is 242 g/mol. The molecular formula is C14H18N4. The molecule has 1 aromatic heterocycles. The number of nitrogens with one attached hydrogen (secondary N) is 1. The monoisotopic (exact) mass is 242 g/mol. The maximum absolute atomic E-state index is 4.18. The summed E-state index contributed by atoms with van der Waals surface area (Å²) in [6.07, 6.45) is 3.32. The summed E-state index contributed by atoms with van der Waals surface area (Å²) in [4.78, 5) is 10.2. The summed E-state index contributed by atoms with van der Waals surface area (Å²) >= 11 is 0. The number of rotatable bonds is 4. The van der Waals surface area contributed by atoms with E-state index < -0.39 is 0 Å². The summed E-state index contributed by atoms with van der Waals surface area (Å²) in [5.74, 6) is 0. The molecule has 0 aliphatic carbocycles. The predicted molar refractivity (Wildman–Crippen MR) is 74.9 cm³/mol. The molecule has 0 unspecified atom stereocenters. The third-order valence-electron chi connectivity index (χ3n) is 2.81. The number of anilines is 2. The van der Waals surface area contributed by atoms with Crippen LogP contribution in [0.25, 0.3) is 0 Å². The molecule has 18 heavy (non-hydrogen) atoms. The molecule has 0 saturated carbocycles. The molecule has 0 atom stereocenters. The second-order valence-electron chi connectivity index (χ2n) is 4.45. The molecule has 0 radical (unpaired) electrons. The summed E-state index contributed by atoms with van der Waals surface area (Å²) < 4.78 is 0. The second kappa shape index (κ2) is 5.49. The van der Waals surface area contributed by atoms with Crippen LogP contribution in [0.5, 0.6) is 0 Å². The van der Waals surface area contributed by atoms with Crippen LogP contribution in [-0.2, 0) is 6.54 Å². The number of hydrogen-bond donors (Lipinski definition) is 1. The number of nitrogens with zero attached hydrogens (tertiary/aromatic N) is 3. The van der Waals surface area contributed by atoms with Gasteiger partial charge >= 0.3 is 0 Å². The Morgan fingerprint density at radius 3 is 2.72 bits per heavy atom. The van der Waals surface area contributed by atoms with E-state index in [4.69, 9.17) is 0 Å². The van der Waals surface area contributed by atoms with Gasteiger partial charge in [0, 0.05) is 31.7 Å². The van der Waals surface area contributed by atoms with Crippen LogP contribution in [0.3, 0.4) is 0 Å². The topological polar surface area (TPSA) is 41.1 Å². The lowest BCUT2D eigenvalue weighted by molar-refractivity contribution is 1.01. The van der Waals surface area contributed by atoms with Gasteiger partial charge in [-0.1, -0.05) is 6.07 Å². The third-order valence-corrected chi connectivity index (χ3v) is 2.81. The highest BCUT2D eigenvalue weighted by Crippen LogP contribution is 2.22. The molecule has 1 aromatic carbocycles. The molecule has 0 aliphatic heterocycles. The van der Waals surface area contributed by atoms with Crippen molar-refractivity contribution in [3.05, 3.63) is 48.0 Å². The number of hydrogen-bond acceptors (Lipinski definition) is 4. The van der Waals surface area contributed by atoms with E-state index in [1.165, 1.54) is 11.3 Å². The molecule has 0 saturated heterocycles. The molecule has 0 spiro atoms. The van der Waals surface area contributed by atoms with Gasteiger partial charge < -0.3 is 10.2 Å². The van der Waals surface area contributed by atoms with Gasteiger partial charge in [-0.3, -0.25) is 0 Å². The van der Waals surface area contributed by atoms with Crippen LogP contribution < -0.4 is 10.2 Å². The summed E-state index contributed by atoms with van der Waals surface area (Å²) in [7, 11) is 4.10. The Kier molecular flexibility index (Phi) is 3.77. The normalized spacial score (nSPS) is 10.2. The van der Waals surface area contributed by atoms with Gasteiger partial charge in [0.05, 0.1) is 12.2 Å². The molecule has 4 heteroatoms. The lowest BCUT2D eigenvalue weighted by atomic mass is 10.1. The maximum Gasteiger partial charge on any atom is 0.115 e. The van der Waals surface area contributed by atoms with Crippen molar-refractivity contribution < 1.29 is 0 Å². The molecule has 2 aromatic rings. The molecule has 0 fully saturated rings. The van der Waals surface area contributed by atoms with Crippen LogP contribution >= 0.6 is 0 Å². The van der Waals surface area contributed by atoms with E-state index >= 15 is 0 Å². The first kappa shape index (κ1) is 12.4. The number of aryl methyl sites for hydroxylation is 1. The Hall–Kier alpha value is -2.10. The Balaban J connectivity index is 2.08. The van der Waals surface area contributed by atoms with E-state index in [2.05, 4.69) is 59.4 Å². The van der Waals surface area contributed by atoms with E-state index in [0.717, 1.165) is 11.4 Å². The largest absolute Gasteiger partial charge is 0.379 e. The van der Waals surface area contributed by atoms with Gasteiger partial charge in [-0.15, -0.1) is 0 Å². The quantitative estimate of drug-likeness (QED) is 0.894. The lowest BCUT2D eigenvalue weighted by Gasteiger charge is -2.17. The molecule has 94 valence electrons. The van der Waals surface area contributed by atoms with E-state index in [9.17, 15) is 0 Å². The second-order valence-corrected chi connectivity index (χ2v) is 4.45. The van der Waals surface area contributed by atoms with Crippen molar-refractivity contribution in [2.24, 2.45) is 0 Å². The highest BCUT2D eigenvalue weighted by molar-refractivity contribution is 5.61. The van der Waals surface area contributed by atoms with Crippen LogP contribution in [0.2, 0.25) is 0 Å². The molecule has 0 amide bonds. The fourth-order valence-electron chi connectivity index (χ4n) is 1.82. The van der Waals surface area contributed by atoms with Crippen molar-refractivity contribution in [3.8, 4) is 0 Å². The fraction of sp³-hybridized carbons (Fsp3) is 0.286. The molecule has 4 nitrogen and oxygen atoms in total. The first-order chi connectivity index (χ1) is 8.66.